The lowest BCUT2D eigenvalue weighted by Gasteiger charge is -2.10. The Morgan fingerprint density at radius 1 is 1.25 bits per heavy atom. The second kappa shape index (κ2) is 5.72. The van der Waals surface area contributed by atoms with Gasteiger partial charge in [0.15, 0.2) is 0 Å². The minimum absolute atomic E-state index is 0.0477. The summed E-state index contributed by atoms with van der Waals surface area (Å²) < 4.78 is 51.2. The molecule has 1 aliphatic rings. The molecule has 1 fully saturated rings. The average Bonchev–Trinajstić information content (AvgIpc) is 3.06. The number of hydrogen-bond acceptors (Lipinski definition) is 1. The van der Waals surface area contributed by atoms with Gasteiger partial charge in [-0.15, -0.1) is 0 Å². The SMILES string of the molecule is CC(C)CNCC1CC1c1cc(F)cc(C(F)(F)F)c1. The van der Waals surface area contributed by atoms with Gasteiger partial charge in [0.05, 0.1) is 5.56 Å². The van der Waals surface area contributed by atoms with Crippen molar-refractivity contribution >= 4 is 0 Å². The molecule has 1 aliphatic carbocycles. The van der Waals surface area contributed by atoms with Crippen molar-refractivity contribution in [1.29, 1.82) is 0 Å². The molecule has 0 aromatic heterocycles. The highest BCUT2D eigenvalue weighted by atomic mass is 19.4. The van der Waals surface area contributed by atoms with Crippen LogP contribution in [0.15, 0.2) is 18.2 Å². The molecule has 1 nitrogen and oxygen atoms in total. The van der Waals surface area contributed by atoms with Gasteiger partial charge in [0, 0.05) is 0 Å². The Balaban J connectivity index is 1.99. The van der Waals surface area contributed by atoms with Crippen molar-refractivity contribution in [1.82, 2.24) is 5.32 Å². The van der Waals surface area contributed by atoms with Crippen LogP contribution in [0.2, 0.25) is 0 Å². The van der Waals surface area contributed by atoms with Crippen molar-refractivity contribution in [3.63, 3.8) is 0 Å². The van der Waals surface area contributed by atoms with Gasteiger partial charge in [-0.3, -0.25) is 0 Å². The minimum Gasteiger partial charge on any atom is -0.316 e. The maximum Gasteiger partial charge on any atom is 0.416 e. The van der Waals surface area contributed by atoms with E-state index in [1.165, 1.54) is 6.07 Å². The summed E-state index contributed by atoms with van der Waals surface area (Å²) >= 11 is 0. The van der Waals surface area contributed by atoms with Gasteiger partial charge < -0.3 is 5.32 Å². The summed E-state index contributed by atoms with van der Waals surface area (Å²) in [7, 11) is 0. The first kappa shape index (κ1) is 15.3. The quantitative estimate of drug-likeness (QED) is 0.801. The summed E-state index contributed by atoms with van der Waals surface area (Å²) in [6.45, 7) is 5.86. The summed E-state index contributed by atoms with van der Waals surface area (Å²) in [6.07, 6.45) is -3.66. The van der Waals surface area contributed by atoms with Crippen molar-refractivity contribution < 1.29 is 17.6 Å². The van der Waals surface area contributed by atoms with Gasteiger partial charge in [-0.05, 0) is 61.0 Å². The standard InChI is InChI=1S/C15H19F4N/c1-9(2)7-20-8-11-5-14(11)10-3-12(15(17,18)19)6-13(16)4-10/h3-4,6,9,11,14,20H,5,7-8H2,1-2H3. The van der Waals surface area contributed by atoms with Crippen molar-refractivity contribution in [2.75, 3.05) is 13.1 Å². The second-order valence-corrected chi connectivity index (χ2v) is 5.93. The van der Waals surface area contributed by atoms with Crippen LogP contribution in [0, 0.1) is 17.7 Å². The third-order valence-corrected chi connectivity index (χ3v) is 3.56. The van der Waals surface area contributed by atoms with E-state index in [4.69, 9.17) is 0 Å². The molecule has 1 saturated carbocycles. The van der Waals surface area contributed by atoms with Gasteiger partial charge in [0.2, 0.25) is 0 Å². The normalized spacial score (nSPS) is 22.4. The third kappa shape index (κ3) is 3.95. The number of rotatable bonds is 5. The highest BCUT2D eigenvalue weighted by molar-refractivity contribution is 5.32. The van der Waals surface area contributed by atoms with Gasteiger partial charge in [-0.25, -0.2) is 4.39 Å². The van der Waals surface area contributed by atoms with Crippen LogP contribution in [0.1, 0.15) is 37.3 Å². The van der Waals surface area contributed by atoms with Gasteiger partial charge >= 0.3 is 6.18 Å². The summed E-state index contributed by atoms with van der Waals surface area (Å²) in [5.41, 5.74) is -0.429. The van der Waals surface area contributed by atoms with E-state index in [9.17, 15) is 17.6 Å². The van der Waals surface area contributed by atoms with E-state index in [1.54, 1.807) is 0 Å². The zero-order valence-corrected chi connectivity index (χ0v) is 11.6. The van der Waals surface area contributed by atoms with E-state index < -0.39 is 17.6 Å². The fourth-order valence-corrected chi connectivity index (χ4v) is 2.43. The molecule has 112 valence electrons. The molecule has 0 saturated heterocycles. The topological polar surface area (TPSA) is 12.0 Å². The molecule has 0 bridgehead atoms. The molecule has 20 heavy (non-hydrogen) atoms. The summed E-state index contributed by atoms with van der Waals surface area (Å²) in [5.74, 6) is 0.0944. The van der Waals surface area contributed by atoms with E-state index in [0.717, 1.165) is 25.6 Å². The van der Waals surface area contributed by atoms with E-state index in [2.05, 4.69) is 19.2 Å². The average molecular weight is 289 g/mol. The Morgan fingerprint density at radius 3 is 2.55 bits per heavy atom. The van der Waals surface area contributed by atoms with Crippen LogP contribution >= 0.6 is 0 Å². The minimum atomic E-state index is -4.49. The van der Waals surface area contributed by atoms with Crippen LogP contribution < -0.4 is 5.32 Å². The van der Waals surface area contributed by atoms with Gasteiger partial charge in [-0.1, -0.05) is 13.8 Å². The van der Waals surface area contributed by atoms with E-state index in [0.29, 0.717) is 23.5 Å². The third-order valence-electron chi connectivity index (χ3n) is 3.56. The molecule has 5 heteroatoms. The Bertz CT molecular complexity index is 467. The van der Waals surface area contributed by atoms with E-state index in [-0.39, 0.29) is 5.92 Å². The van der Waals surface area contributed by atoms with Crippen molar-refractivity contribution in [2.24, 2.45) is 11.8 Å². The molecule has 1 aromatic rings. The monoisotopic (exact) mass is 289 g/mol. The smallest absolute Gasteiger partial charge is 0.316 e. The van der Waals surface area contributed by atoms with Crippen molar-refractivity contribution in [2.45, 2.75) is 32.4 Å². The Labute approximate surface area is 116 Å². The predicted octanol–water partition coefficient (Wildman–Crippen LogP) is 4.19. The molecular formula is C15H19F4N. The Kier molecular flexibility index (Phi) is 4.37. The predicted molar refractivity (Wildman–Crippen MR) is 70.0 cm³/mol. The number of halogens is 4. The summed E-state index contributed by atoms with van der Waals surface area (Å²) in [6, 6.07) is 2.86. The Morgan fingerprint density at radius 2 is 1.95 bits per heavy atom. The molecule has 2 atom stereocenters. The van der Waals surface area contributed by atoms with Crippen LogP contribution in [0.3, 0.4) is 0 Å². The van der Waals surface area contributed by atoms with Gasteiger partial charge in [0.25, 0.3) is 0 Å². The zero-order valence-electron chi connectivity index (χ0n) is 11.6. The lowest BCUT2D eigenvalue weighted by molar-refractivity contribution is -0.137. The van der Waals surface area contributed by atoms with E-state index >= 15 is 0 Å². The van der Waals surface area contributed by atoms with Crippen LogP contribution in [0.4, 0.5) is 17.6 Å². The molecule has 0 heterocycles. The number of hydrogen-bond donors (Lipinski definition) is 1. The molecule has 0 spiro atoms. The maximum absolute atomic E-state index is 13.3. The first-order chi connectivity index (χ1) is 9.27. The fourth-order valence-electron chi connectivity index (χ4n) is 2.43. The molecule has 2 unspecified atom stereocenters. The zero-order chi connectivity index (χ0) is 14.9. The first-order valence-corrected chi connectivity index (χ1v) is 6.85. The van der Waals surface area contributed by atoms with E-state index in [1.807, 2.05) is 0 Å². The molecule has 1 N–H and O–H groups in total. The lowest BCUT2D eigenvalue weighted by atomic mass is 10.0. The molecule has 0 aliphatic heterocycles. The van der Waals surface area contributed by atoms with Crippen LogP contribution in [-0.4, -0.2) is 13.1 Å². The van der Waals surface area contributed by atoms with Crippen LogP contribution in [0.25, 0.3) is 0 Å². The van der Waals surface area contributed by atoms with Crippen molar-refractivity contribution in [3.8, 4) is 0 Å². The van der Waals surface area contributed by atoms with Crippen molar-refractivity contribution in [3.05, 3.63) is 35.1 Å². The number of alkyl halides is 3. The summed E-state index contributed by atoms with van der Waals surface area (Å²) in [5, 5.41) is 3.29. The Hall–Kier alpha value is -1.10. The summed E-state index contributed by atoms with van der Waals surface area (Å²) in [4.78, 5) is 0. The highest BCUT2D eigenvalue weighted by Crippen LogP contribution is 2.48. The van der Waals surface area contributed by atoms with Crippen LogP contribution in [0.5, 0.6) is 0 Å². The molecule has 0 amide bonds. The highest BCUT2D eigenvalue weighted by Gasteiger charge is 2.40. The van der Waals surface area contributed by atoms with Gasteiger partial charge in [-0.2, -0.15) is 13.2 Å². The number of nitrogens with one attached hydrogen (secondary N) is 1. The molecule has 2 rings (SSSR count). The molecule has 0 radical (unpaired) electrons. The second-order valence-electron chi connectivity index (χ2n) is 5.93. The number of benzene rings is 1. The fraction of sp³-hybridized carbons (Fsp3) is 0.600. The van der Waals surface area contributed by atoms with Crippen LogP contribution in [-0.2, 0) is 6.18 Å². The first-order valence-electron chi connectivity index (χ1n) is 6.85. The molecular weight excluding hydrogens is 270 g/mol. The molecule has 1 aromatic carbocycles. The largest absolute Gasteiger partial charge is 0.416 e. The van der Waals surface area contributed by atoms with Gasteiger partial charge in [0.1, 0.15) is 5.82 Å². The maximum atomic E-state index is 13.3. The lowest BCUT2D eigenvalue weighted by Crippen LogP contribution is -2.22.